The number of nitrogens with zero attached hydrogens (tertiary/aromatic N) is 2. The van der Waals surface area contributed by atoms with E-state index in [1.165, 1.54) is 24.2 Å². The maximum atomic E-state index is 6.28. The van der Waals surface area contributed by atoms with Crippen LogP contribution >= 0.6 is 0 Å². The summed E-state index contributed by atoms with van der Waals surface area (Å²) in [6.07, 6.45) is 2.45. The van der Waals surface area contributed by atoms with E-state index in [1.807, 2.05) is 0 Å². The molecule has 0 saturated carbocycles. The van der Waals surface area contributed by atoms with E-state index in [9.17, 15) is 0 Å². The monoisotopic (exact) mass is 303 g/mol. The Morgan fingerprint density at radius 3 is 2.73 bits per heavy atom. The smallest absolute Gasteiger partial charge is 0.145 e. The van der Waals surface area contributed by atoms with Crippen molar-refractivity contribution < 1.29 is 4.74 Å². The second kappa shape index (κ2) is 6.37. The first kappa shape index (κ1) is 15.5. The Morgan fingerprint density at radius 1 is 1.23 bits per heavy atom. The van der Waals surface area contributed by atoms with Crippen LogP contribution < -0.4 is 19.9 Å². The molecule has 0 spiro atoms. The topological polar surface area (TPSA) is 27.7 Å². The van der Waals surface area contributed by atoms with Crippen molar-refractivity contribution >= 4 is 11.4 Å². The van der Waals surface area contributed by atoms with E-state index in [-0.39, 0.29) is 5.60 Å². The van der Waals surface area contributed by atoms with Gasteiger partial charge in [-0.05, 0) is 32.4 Å². The van der Waals surface area contributed by atoms with Crippen LogP contribution in [0.5, 0.6) is 5.75 Å². The van der Waals surface area contributed by atoms with Crippen molar-refractivity contribution in [2.75, 3.05) is 49.1 Å². The third-order valence-corrected chi connectivity index (χ3v) is 4.49. The predicted octanol–water partition coefficient (Wildman–Crippen LogP) is 2.87. The van der Waals surface area contributed by atoms with Gasteiger partial charge in [-0.1, -0.05) is 19.4 Å². The van der Waals surface area contributed by atoms with E-state index in [0.717, 1.165) is 45.0 Å². The van der Waals surface area contributed by atoms with Crippen LogP contribution in [0.2, 0.25) is 0 Å². The van der Waals surface area contributed by atoms with Gasteiger partial charge < -0.3 is 19.9 Å². The molecule has 1 N–H and O–H groups in total. The van der Waals surface area contributed by atoms with Crippen molar-refractivity contribution in [1.82, 2.24) is 5.32 Å². The maximum Gasteiger partial charge on any atom is 0.145 e. The van der Waals surface area contributed by atoms with Crippen LogP contribution in [-0.4, -0.2) is 44.9 Å². The number of anilines is 2. The van der Waals surface area contributed by atoms with Crippen molar-refractivity contribution in [2.24, 2.45) is 0 Å². The van der Waals surface area contributed by atoms with Gasteiger partial charge in [0.25, 0.3) is 0 Å². The lowest BCUT2D eigenvalue weighted by molar-refractivity contribution is 0.105. The highest BCUT2D eigenvalue weighted by atomic mass is 16.5. The van der Waals surface area contributed by atoms with E-state index in [2.05, 4.69) is 54.1 Å². The average Bonchev–Trinajstić information content (AvgIpc) is 2.51. The number of rotatable bonds is 4. The van der Waals surface area contributed by atoms with E-state index in [1.54, 1.807) is 0 Å². The fraction of sp³-hybridized carbons (Fsp3) is 0.667. The summed E-state index contributed by atoms with van der Waals surface area (Å²) < 4.78 is 6.28. The fourth-order valence-corrected chi connectivity index (χ4v) is 3.48. The Hall–Kier alpha value is -1.42. The first-order valence-corrected chi connectivity index (χ1v) is 8.63. The normalized spacial score (nSPS) is 20.5. The molecule has 2 aliphatic heterocycles. The van der Waals surface area contributed by atoms with Crippen LogP contribution in [-0.2, 0) is 0 Å². The molecule has 0 unspecified atom stereocenters. The Bertz CT molecular complexity index is 509. The Morgan fingerprint density at radius 2 is 2.00 bits per heavy atom. The van der Waals surface area contributed by atoms with Gasteiger partial charge in [0.2, 0.25) is 0 Å². The summed E-state index contributed by atoms with van der Waals surface area (Å²) in [6, 6.07) is 6.52. The van der Waals surface area contributed by atoms with Gasteiger partial charge >= 0.3 is 0 Å². The third kappa shape index (κ3) is 3.17. The first-order chi connectivity index (χ1) is 10.6. The lowest BCUT2D eigenvalue weighted by Crippen LogP contribution is -2.49. The summed E-state index contributed by atoms with van der Waals surface area (Å²) in [5, 5.41) is 3.44. The number of ether oxygens (including phenoxy) is 1. The fourth-order valence-electron chi connectivity index (χ4n) is 3.48. The van der Waals surface area contributed by atoms with Crippen molar-refractivity contribution in [3.05, 3.63) is 18.2 Å². The Kier molecular flexibility index (Phi) is 4.48. The summed E-state index contributed by atoms with van der Waals surface area (Å²) >= 11 is 0. The summed E-state index contributed by atoms with van der Waals surface area (Å²) in [5.41, 5.74) is 2.52. The van der Waals surface area contributed by atoms with Gasteiger partial charge in [-0.25, -0.2) is 0 Å². The second-order valence-electron chi connectivity index (χ2n) is 7.00. The van der Waals surface area contributed by atoms with Gasteiger partial charge in [0.15, 0.2) is 0 Å². The van der Waals surface area contributed by atoms with Crippen LogP contribution in [0.15, 0.2) is 18.2 Å². The molecule has 2 heterocycles. The number of hydrogen-bond donors (Lipinski definition) is 1. The Labute approximate surface area is 134 Å². The van der Waals surface area contributed by atoms with Gasteiger partial charge in [0, 0.05) is 32.7 Å². The number of para-hydroxylation sites is 1. The van der Waals surface area contributed by atoms with Crippen molar-refractivity contribution in [3.63, 3.8) is 0 Å². The molecule has 1 aromatic rings. The van der Waals surface area contributed by atoms with E-state index < -0.39 is 0 Å². The summed E-state index contributed by atoms with van der Waals surface area (Å²) in [4.78, 5) is 5.04. The van der Waals surface area contributed by atoms with Crippen LogP contribution in [0.4, 0.5) is 11.4 Å². The van der Waals surface area contributed by atoms with Gasteiger partial charge in [-0.15, -0.1) is 0 Å². The number of unbranched alkanes of at least 4 members (excludes halogenated alkanes) is 1. The van der Waals surface area contributed by atoms with Gasteiger partial charge in [0.1, 0.15) is 17.0 Å². The highest BCUT2D eigenvalue weighted by Crippen LogP contribution is 2.43. The van der Waals surface area contributed by atoms with Crippen LogP contribution in [0.25, 0.3) is 0 Å². The van der Waals surface area contributed by atoms with Crippen molar-refractivity contribution in [3.8, 4) is 5.75 Å². The quantitative estimate of drug-likeness (QED) is 0.925. The van der Waals surface area contributed by atoms with E-state index >= 15 is 0 Å². The SMILES string of the molecule is CCCCN1CC(C)(C)Oc2cccc(N3CCNCC3)c21. The van der Waals surface area contributed by atoms with Gasteiger partial charge in [-0.3, -0.25) is 0 Å². The standard InChI is InChI=1S/C18H29N3O/c1-4-5-11-21-14-18(2,3)22-16-8-6-7-15(17(16)21)20-12-9-19-10-13-20/h6-8,19H,4-5,9-14H2,1-3H3. The average molecular weight is 303 g/mol. The molecular weight excluding hydrogens is 274 g/mol. The van der Waals surface area contributed by atoms with Crippen molar-refractivity contribution in [2.45, 2.75) is 39.2 Å². The van der Waals surface area contributed by atoms with E-state index in [4.69, 9.17) is 4.74 Å². The van der Waals surface area contributed by atoms with E-state index in [0.29, 0.717) is 0 Å². The molecule has 0 radical (unpaired) electrons. The molecule has 3 rings (SSSR count). The predicted molar refractivity (Wildman–Crippen MR) is 93.4 cm³/mol. The molecule has 1 fully saturated rings. The molecule has 0 amide bonds. The minimum atomic E-state index is -0.122. The first-order valence-electron chi connectivity index (χ1n) is 8.63. The molecule has 4 heteroatoms. The molecule has 1 saturated heterocycles. The molecule has 0 atom stereocenters. The van der Waals surface area contributed by atoms with Crippen molar-refractivity contribution in [1.29, 1.82) is 0 Å². The highest BCUT2D eigenvalue weighted by molar-refractivity contribution is 5.79. The molecular formula is C18H29N3O. The van der Waals surface area contributed by atoms with Crippen LogP contribution in [0.3, 0.4) is 0 Å². The zero-order chi connectivity index (χ0) is 15.6. The zero-order valence-electron chi connectivity index (χ0n) is 14.2. The molecule has 0 aromatic heterocycles. The number of nitrogens with one attached hydrogen (secondary N) is 1. The minimum Gasteiger partial charge on any atom is -0.484 e. The molecule has 22 heavy (non-hydrogen) atoms. The number of fused-ring (bicyclic) bond motifs is 1. The zero-order valence-corrected chi connectivity index (χ0v) is 14.2. The number of benzene rings is 1. The second-order valence-corrected chi connectivity index (χ2v) is 7.00. The molecule has 4 nitrogen and oxygen atoms in total. The molecule has 0 aliphatic carbocycles. The Balaban J connectivity index is 1.96. The minimum absolute atomic E-state index is 0.122. The van der Waals surface area contributed by atoms with Gasteiger partial charge in [0.05, 0.1) is 12.2 Å². The molecule has 0 bridgehead atoms. The summed E-state index contributed by atoms with van der Waals surface area (Å²) in [6.45, 7) is 13.0. The largest absolute Gasteiger partial charge is 0.484 e. The lowest BCUT2D eigenvalue weighted by Gasteiger charge is -2.43. The summed E-state index contributed by atoms with van der Waals surface area (Å²) in [7, 11) is 0. The third-order valence-electron chi connectivity index (χ3n) is 4.49. The molecule has 122 valence electrons. The van der Waals surface area contributed by atoms with Crippen LogP contribution in [0, 0.1) is 0 Å². The maximum absolute atomic E-state index is 6.28. The number of piperazine rings is 1. The lowest BCUT2D eigenvalue weighted by atomic mass is 10.0. The van der Waals surface area contributed by atoms with Gasteiger partial charge in [-0.2, -0.15) is 0 Å². The highest BCUT2D eigenvalue weighted by Gasteiger charge is 2.34. The molecule has 1 aromatic carbocycles. The van der Waals surface area contributed by atoms with Crippen LogP contribution in [0.1, 0.15) is 33.6 Å². The molecule has 2 aliphatic rings. The summed E-state index contributed by atoms with van der Waals surface area (Å²) in [5.74, 6) is 1.04. The number of hydrogen-bond acceptors (Lipinski definition) is 4.